The van der Waals surface area contributed by atoms with Crippen LogP contribution in [0.25, 0.3) is 125 Å². The van der Waals surface area contributed by atoms with E-state index in [4.69, 9.17) is 9.97 Å². The van der Waals surface area contributed by atoms with Crippen LogP contribution in [0.3, 0.4) is 0 Å². The first-order valence-electron chi connectivity index (χ1n) is 20.4. The largest absolute Gasteiger partial charge is 0.277 e. The molecule has 10 aromatic carbocycles. The zero-order valence-electron chi connectivity index (χ0n) is 32.3. The number of aromatic nitrogens is 3. The molecule has 0 amide bonds. The quantitative estimate of drug-likeness (QED) is 0.178. The second-order valence-electron chi connectivity index (χ2n) is 15.7. The Bertz CT molecular complexity index is 3890. The van der Waals surface area contributed by atoms with Gasteiger partial charge in [0.25, 0.3) is 0 Å². The van der Waals surface area contributed by atoms with Crippen LogP contribution >= 0.6 is 11.3 Å². The smallest absolute Gasteiger partial charge is 0.235 e. The average Bonchev–Trinajstić information content (AvgIpc) is 3.87. The first kappa shape index (κ1) is 33.3. The van der Waals surface area contributed by atoms with Crippen molar-refractivity contribution in [1.29, 1.82) is 0 Å². The van der Waals surface area contributed by atoms with E-state index in [9.17, 15) is 0 Å². The fraction of sp³-hybridized carbons (Fsp3) is 0. The predicted octanol–water partition coefficient (Wildman–Crippen LogP) is 15.6. The molecule has 0 spiro atoms. The van der Waals surface area contributed by atoms with E-state index in [0.717, 1.165) is 38.8 Å². The van der Waals surface area contributed by atoms with Gasteiger partial charge in [-0.2, -0.15) is 0 Å². The van der Waals surface area contributed by atoms with Crippen LogP contribution in [0, 0.1) is 0 Å². The van der Waals surface area contributed by atoms with Crippen molar-refractivity contribution >= 4 is 96.5 Å². The Morgan fingerprint density at radius 3 is 1.78 bits per heavy atom. The lowest BCUT2D eigenvalue weighted by Gasteiger charge is -2.15. The topological polar surface area (TPSA) is 30.7 Å². The highest BCUT2D eigenvalue weighted by atomic mass is 32.1. The molecule has 0 saturated heterocycles. The van der Waals surface area contributed by atoms with E-state index in [0.29, 0.717) is 5.95 Å². The molecule has 0 fully saturated rings. The molecular weight excluding hydrogens is 747 g/mol. The molecule has 3 nitrogen and oxygen atoms in total. The molecule has 3 heterocycles. The molecule has 0 N–H and O–H groups in total. The molecule has 60 heavy (non-hydrogen) atoms. The van der Waals surface area contributed by atoms with Gasteiger partial charge in [-0.1, -0.05) is 182 Å². The highest BCUT2D eigenvalue weighted by Crippen LogP contribution is 2.44. The number of rotatable bonds is 4. The zero-order chi connectivity index (χ0) is 39.3. The van der Waals surface area contributed by atoms with Crippen LogP contribution in [0.2, 0.25) is 0 Å². The van der Waals surface area contributed by atoms with Gasteiger partial charge in [0, 0.05) is 52.8 Å². The molecule has 0 saturated carbocycles. The summed E-state index contributed by atoms with van der Waals surface area (Å²) in [6.45, 7) is 0. The number of benzene rings is 10. The molecule has 0 aliphatic rings. The van der Waals surface area contributed by atoms with E-state index < -0.39 is 0 Å². The van der Waals surface area contributed by atoms with Crippen LogP contribution < -0.4 is 0 Å². The molecule has 0 atom stereocenters. The van der Waals surface area contributed by atoms with Crippen molar-refractivity contribution in [2.24, 2.45) is 0 Å². The van der Waals surface area contributed by atoms with Crippen molar-refractivity contribution in [2.75, 3.05) is 0 Å². The number of thiophene rings is 1. The summed E-state index contributed by atoms with van der Waals surface area (Å²) in [5.41, 5.74) is 9.79. The van der Waals surface area contributed by atoms with Gasteiger partial charge in [-0.3, -0.25) is 4.57 Å². The summed E-state index contributed by atoms with van der Waals surface area (Å²) in [4.78, 5) is 11.0. The van der Waals surface area contributed by atoms with E-state index in [1.807, 2.05) is 11.3 Å². The lowest BCUT2D eigenvalue weighted by Crippen LogP contribution is -2.04. The molecule has 0 radical (unpaired) electrons. The SMILES string of the molecule is c1ccc2c(-c3ccc(-c4nc(-n5c6c(-c7ccc8c(c7)sc7ccc9ccccc9c78)cccc6c6ccc7ccccc7c65)nc5ccccc45)cc3)cccc2c1. The predicted molar refractivity (Wildman–Crippen MR) is 256 cm³/mol. The summed E-state index contributed by atoms with van der Waals surface area (Å²) >= 11 is 1.87. The number of hydrogen-bond donors (Lipinski definition) is 0. The number of para-hydroxylation sites is 2. The fourth-order valence-electron chi connectivity index (χ4n) is 9.64. The molecule has 0 unspecified atom stereocenters. The highest BCUT2D eigenvalue weighted by molar-refractivity contribution is 7.26. The summed E-state index contributed by atoms with van der Waals surface area (Å²) < 4.78 is 4.92. The monoisotopic (exact) mass is 779 g/mol. The minimum Gasteiger partial charge on any atom is -0.277 e. The van der Waals surface area contributed by atoms with E-state index in [1.165, 1.54) is 80.0 Å². The molecule has 0 aliphatic carbocycles. The molecule has 0 bridgehead atoms. The molecule has 0 aliphatic heterocycles. The molecule has 4 heteroatoms. The van der Waals surface area contributed by atoms with Crippen molar-refractivity contribution in [1.82, 2.24) is 14.5 Å². The third-order valence-corrected chi connectivity index (χ3v) is 13.5. The third-order valence-electron chi connectivity index (χ3n) is 12.4. The standard InChI is InChI=1S/C56H33N3S/c1-4-15-40-34(11-1)14-9-19-41(40)37-23-25-38(26-24-37)53-47-18-7-8-22-49(47)57-56(58-53)59-54-43-17-6-3-13-36(43)27-30-46(54)45-21-10-20-44(55(45)59)39-28-31-48-51(33-39)60-50-32-29-35-12-2-5-16-42(35)52(48)50/h1-33H. The van der Waals surface area contributed by atoms with Gasteiger partial charge in [-0.05, 0) is 61.8 Å². The minimum atomic E-state index is 0.653. The van der Waals surface area contributed by atoms with Crippen LogP contribution in [0.5, 0.6) is 0 Å². The van der Waals surface area contributed by atoms with Crippen LogP contribution in [-0.4, -0.2) is 14.5 Å². The Labute approximate surface area is 349 Å². The first-order chi connectivity index (χ1) is 29.7. The van der Waals surface area contributed by atoms with Crippen molar-refractivity contribution in [3.8, 4) is 39.5 Å². The fourth-order valence-corrected chi connectivity index (χ4v) is 10.8. The van der Waals surface area contributed by atoms with Gasteiger partial charge in [-0.15, -0.1) is 11.3 Å². The number of hydrogen-bond acceptors (Lipinski definition) is 3. The highest BCUT2D eigenvalue weighted by Gasteiger charge is 2.22. The second-order valence-corrected chi connectivity index (χ2v) is 16.8. The summed E-state index contributed by atoms with van der Waals surface area (Å²) in [5.74, 6) is 0.653. The van der Waals surface area contributed by atoms with Crippen molar-refractivity contribution < 1.29 is 0 Å². The van der Waals surface area contributed by atoms with E-state index in [2.05, 4.69) is 205 Å². The lowest BCUT2D eigenvalue weighted by atomic mass is 9.96. The Balaban J connectivity index is 1.06. The number of nitrogens with zero attached hydrogens (tertiary/aromatic N) is 3. The Hall–Kier alpha value is -7.66. The van der Waals surface area contributed by atoms with E-state index in [1.54, 1.807) is 0 Å². The van der Waals surface area contributed by atoms with Gasteiger partial charge >= 0.3 is 0 Å². The van der Waals surface area contributed by atoms with E-state index in [-0.39, 0.29) is 0 Å². The molecule has 13 rings (SSSR count). The molecule has 3 aromatic heterocycles. The third kappa shape index (κ3) is 4.95. The molecule has 278 valence electrons. The maximum Gasteiger partial charge on any atom is 0.235 e. The van der Waals surface area contributed by atoms with Crippen LogP contribution in [-0.2, 0) is 0 Å². The van der Waals surface area contributed by atoms with Crippen LogP contribution in [0.1, 0.15) is 0 Å². The van der Waals surface area contributed by atoms with Gasteiger partial charge in [0.1, 0.15) is 0 Å². The van der Waals surface area contributed by atoms with Gasteiger partial charge in [0.05, 0.1) is 22.2 Å². The normalized spacial score (nSPS) is 12.0. The van der Waals surface area contributed by atoms with Gasteiger partial charge in [0.15, 0.2) is 0 Å². The molecule has 13 aromatic rings. The molecular formula is C56H33N3S. The van der Waals surface area contributed by atoms with Crippen molar-refractivity contribution in [2.45, 2.75) is 0 Å². The number of fused-ring (bicyclic) bond motifs is 12. The first-order valence-corrected chi connectivity index (χ1v) is 21.2. The van der Waals surface area contributed by atoms with Gasteiger partial charge < -0.3 is 0 Å². The maximum atomic E-state index is 5.57. The summed E-state index contributed by atoms with van der Waals surface area (Å²) in [6, 6.07) is 72.6. The Kier molecular flexibility index (Phi) is 7.18. The minimum absolute atomic E-state index is 0.653. The van der Waals surface area contributed by atoms with Crippen molar-refractivity contribution in [3.05, 3.63) is 200 Å². The zero-order valence-corrected chi connectivity index (χ0v) is 33.1. The summed E-state index contributed by atoms with van der Waals surface area (Å²) in [5, 5.41) is 13.4. The summed E-state index contributed by atoms with van der Waals surface area (Å²) in [7, 11) is 0. The summed E-state index contributed by atoms with van der Waals surface area (Å²) in [6.07, 6.45) is 0. The lowest BCUT2D eigenvalue weighted by molar-refractivity contribution is 1.02. The average molecular weight is 780 g/mol. The Morgan fingerprint density at radius 1 is 0.350 bits per heavy atom. The maximum absolute atomic E-state index is 5.57. The van der Waals surface area contributed by atoms with Crippen LogP contribution in [0.15, 0.2) is 200 Å². The van der Waals surface area contributed by atoms with E-state index >= 15 is 0 Å². The van der Waals surface area contributed by atoms with Crippen LogP contribution in [0.4, 0.5) is 0 Å². The van der Waals surface area contributed by atoms with Crippen molar-refractivity contribution in [3.63, 3.8) is 0 Å². The van der Waals surface area contributed by atoms with Gasteiger partial charge in [-0.25, -0.2) is 9.97 Å². The second kappa shape index (κ2) is 12.9. The Morgan fingerprint density at radius 2 is 0.933 bits per heavy atom. The van der Waals surface area contributed by atoms with Gasteiger partial charge in [0.2, 0.25) is 5.95 Å².